The number of ether oxygens (including phenoxy) is 1. The molecule has 0 fully saturated rings. The summed E-state index contributed by atoms with van der Waals surface area (Å²) in [5.74, 6) is -0.485. The van der Waals surface area contributed by atoms with Gasteiger partial charge in [0.1, 0.15) is 6.54 Å². The van der Waals surface area contributed by atoms with E-state index >= 15 is 0 Å². The molecule has 0 spiro atoms. The number of rotatable bonds is 3. The Morgan fingerprint density at radius 1 is 1.60 bits per heavy atom. The van der Waals surface area contributed by atoms with Crippen molar-refractivity contribution in [1.29, 1.82) is 0 Å². The van der Waals surface area contributed by atoms with Crippen LogP contribution in [-0.2, 0) is 9.53 Å². The fourth-order valence-electron chi connectivity index (χ4n) is 0.371. The number of amides is 2. The summed E-state index contributed by atoms with van der Waals surface area (Å²) in [6, 6.07) is -0.729. The highest BCUT2D eigenvalue weighted by molar-refractivity contribution is 5.79. The maximum Gasteiger partial charge on any atom is 0.325 e. The number of primary amides is 1. The zero-order chi connectivity index (χ0) is 7.98. The van der Waals surface area contributed by atoms with Gasteiger partial charge in [0.25, 0.3) is 0 Å². The number of urea groups is 1. The lowest BCUT2D eigenvalue weighted by Gasteiger charge is -2.00. The zero-order valence-corrected chi connectivity index (χ0v) is 5.72. The molecule has 0 aliphatic rings. The predicted molar refractivity (Wildman–Crippen MR) is 34.2 cm³/mol. The van der Waals surface area contributed by atoms with E-state index in [0.29, 0.717) is 6.61 Å². The molecule has 5 nitrogen and oxygen atoms in total. The highest BCUT2D eigenvalue weighted by Crippen LogP contribution is 1.73. The minimum absolute atomic E-state index is 0.164. The summed E-state index contributed by atoms with van der Waals surface area (Å²) < 4.78 is 4.48. The van der Waals surface area contributed by atoms with Crippen molar-refractivity contribution in [3.63, 3.8) is 0 Å². The fraction of sp³-hybridized carbons (Fsp3) is 0.600. The van der Waals surface area contributed by atoms with Gasteiger partial charge in [0.2, 0.25) is 0 Å². The van der Waals surface area contributed by atoms with Gasteiger partial charge in [-0.3, -0.25) is 4.79 Å². The van der Waals surface area contributed by atoms with Crippen LogP contribution in [0.15, 0.2) is 0 Å². The molecule has 58 valence electrons. The van der Waals surface area contributed by atoms with E-state index in [1.807, 2.05) is 0 Å². The summed E-state index contributed by atoms with van der Waals surface area (Å²) in [6.07, 6.45) is 0. The van der Waals surface area contributed by atoms with Crippen molar-refractivity contribution in [1.82, 2.24) is 5.32 Å². The van der Waals surface area contributed by atoms with E-state index in [2.05, 4.69) is 15.8 Å². The molecule has 0 bridgehead atoms. The SMILES string of the molecule is CCOC(=O)[13CH2][15NH]C(N)=O. The molecule has 0 heterocycles. The molecule has 3 N–H and O–H groups in total. The first-order chi connectivity index (χ1) is 4.66. The normalized spacial score (nSPS) is 8.50. The topological polar surface area (TPSA) is 81.4 Å². The van der Waals surface area contributed by atoms with Crippen LogP contribution in [0.25, 0.3) is 0 Å². The van der Waals surface area contributed by atoms with E-state index in [-0.39, 0.29) is 6.54 Å². The lowest BCUT2D eigenvalue weighted by molar-refractivity contribution is -0.141. The van der Waals surface area contributed by atoms with Gasteiger partial charge in [0, 0.05) is 0 Å². The first-order valence-corrected chi connectivity index (χ1v) is 2.85. The number of carbonyl (C=O) groups is 2. The number of nitrogens with two attached hydrogens (primary N) is 1. The largest absolute Gasteiger partial charge is 0.465 e. The van der Waals surface area contributed by atoms with Crippen LogP contribution in [0.2, 0.25) is 0 Å². The molecule has 0 aromatic rings. The van der Waals surface area contributed by atoms with Crippen molar-refractivity contribution in [2.75, 3.05) is 13.2 Å². The third-order valence-corrected chi connectivity index (χ3v) is 0.712. The number of esters is 1. The zero-order valence-electron chi connectivity index (χ0n) is 5.72. The molecular weight excluding hydrogens is 138 g/mol. The van der Waals surface area contributed by atoms with Crippen LogP contribution in [-0.4, -0.2) is 25.2 Å². The Bertz CT molecular complexity index is 135. The molecule has 0 atom stereocenters. The molecule has 5 heteroatoms. The summed E-state index contributed by atoms with van der Waals surface area (Å²) in [5, 5.41) is 2.09. The Hall–Kier alpha value is -1.26. The van der Waals surface area contributed by atoms with Crippen LogP contribution in [0.5, 0.6) is 0 Å². The highest BCUT2D eigenvalue weighted by Gasteiger charge is 2.00. The van der Waals surface area contributed by atoms with Gasteiger partial charge in [-0.05, 0) is 6.92 Å². The Morgan fingerprint density at radius 3 is 2.60 bits per heavy atom. The summed E-state index contributed by atoms with van der Waals surface area (Å²) in [4.78, 5) is 20.5. The molecule has 0 aromatic heterocycles. The van der Waals surface area contributed by atoms with Crippen molar-refractivity contribution in [3.8, 4) is 0 Å². The van der Waals surface area contributed by atoms with Gasteiger partial charge < -0.3 is 15.8 Å². The van der Waals surface area contributed by atoms with Crippen LogP contribution >= 0.6 is 0 Å². The van der Waals surface area contributed by atoms with Crippen LogP contribution < -0.4 is 11.1 Å². The average molecular weight is 148 g/mol. The number of hydrogen-bond donors (Lipinski definition) is 2. The molecule has 0 saturated heterocycles. The van der Waals surface area contributed by atoms with Crippen LogP contribution in [0.1, 0.15) is 6.92 Å². The first-order valence-electron chi connectivity index (χ1n) is 2.85. The minimum atomic E-state index is -0.729. The quantitative estimate of drug-likeness (QED) is 0.313. The van der Waals surface area contributed by atoms with Crippen LogP contribution in [0.3, 0.4) is 0 Å². The third kappa shape index (κ3) is 4.89. The van der Waals surface area contributed by atoms with E-state index in [1.54, 1.807) is 6.92 Å². The molecule has 0 unspecified atom stereocenters. The van der Waals surface area contributed by atoms with Gasteiger partial charge in [0.05, 0.1) is 6.61 Å². The second kappa shape index (κ2) is 4.60. The van der Waals surface area contributed by atoms with Gasteiger partial charge in [-0.15, -0.1) is 0 Å². The standard InChI is InChI=1S/C5H10N2O3/c1-2-10-4(8)3-7-5(6)9/h2-3H2,1H3,(H3,6,7,9)/i3+1,7+1. The smallest absolute Gasteiger partial charge is 0.325 e. The highest BCUT2D eigenvalue weighted by atomic mass is 16.5. The molecule has 0 aliphatic heterocycles. The Morgan fingerprint density at radius 2 is 2.20 bits per heavy atom. The van der Waals surface area contributed by atoms with Crippen molar-refractivity contribution in [2.24, 2.45) is 5.73 Å². The molecule has 0 aliphatic carbocycles. The first kappa shape index (κ1) is 8.74. The second-order valence-corrected chi connectivity index (χ2v) is 1.52. The summed E-state index contributed by atoms with van der Waals surface area (Å²) in [5.41, 5.74) is 4.68. The molecule has 0 saturated carbocycles. The second-order valence-electron chi connectivity index (χ2n) is 1.52. The van der Waals surface area contributed by atoms with Crippen LogP contribution in [0, 0.1) is 0 Å². The van der Waals surface area contributed by atoms with E-state index < -0.39 is 12.0 Å². The Labute approximate surface area is 58.5 Å². The average Bonchev–Trinajstić information content (AvgIpc) is 1.85. The lowest BCUT2D eigenvalue weighted by atomic mass is 10.8. The van der Waals surface area contributed by atoms with Crippen molar-refractivity contribution < 1.29 is 14.3 Å². The minimum Gasteiger partial charge on any atom is -0.465 e. The van der Waals surface area contributed by atoms with E-state index in [4.69, 9.17) is 0 Å². The summed E-state index contributed by atoms with van der Waals surface area (Å²) in [7, 11) is 0. The van der Waals surface area contributed by atoms with Crippen molar-refractivity contribution >= 4 is 12.0 Å². The van der Waals surface area contributed by atoms with E-state index in [0.717, 1.165) is 0 Å². The van der Waals surface area contributed by atoms with Crippen molar-refractivity contribution in [3.05, 3.63) is 0 Å². The maximum absolute atomic E-state index is 10.5. The van der Waals surface area contributed by atoms with Crippen molar-refractivity contribution in [2.45, 2.75) is 6.92 Å². The van der Waals surface area contributed by atoms with E-state index in [9.17, 15) is 9.59 Å². The molecule has 0 aromatic carbocycles. The molecular formula is C5H10N2O3. The molecule has 0 rings (SSSR count). The fourth-order valence-corrected chi connectivity index (χ4v) is 0.371. The van der Waals surface area contributed by atoms with Gasteiger partial charge >= 0.3 is 12.0 Å². The van der Waals surface area contributed by atoms with Gasteiger partial charge in [-0.1, -0.05) is 0 Å². The van der Waals surface area contributed by atoms with Crippen LogP contribution in [0.4, 0.5) is 4.79 Å². The number of nitrogens with one attached hydrogen (secondary N) is 1. The van der Waals surface area contributed by atoms with Gasteiger partial charge in [-0.25, -0.2) is 4.79 Å². The Balaban J connectivity index is 3.30. The summed E-state index contributed by atoms with van der Waals surface area (Å²) >= 11 is 0. The van der Waals surface area contributed by atoms with Gasteiger partial charge in [0.15, 0.2) is 0 Å². The molecule has 2 amide bonds. The van der Waals surface area contributed by atoms with E-state index in [1.165, 1.54) is 0 Å². The monoisotopic (exact) mass is 148 g/mol. The predicted octanol–water partition coefficient (Wildman–Crippen LogP) is -0.782. The Kier molecular flexibility index (Phi) is 4.02. The lowest BCUT2D eigenvalue weighted by Crippen LogP contribution is -2.34. The molecule has 0 radical (unpaired) electrons. The molecule has 10 heavy (non-hydrogen) atoms. The summed E-state index contributed by atoms with van der Waals surface area (Å²) in [6.45, 7) is 1.82. The third-order valence-electron chi connectivity index (χ3n) is 0.712. The maximum atomic E-state index is 10.5. The number of hydrogen-bond acceptors (Lipinski definition) is 3. The van der Waals surface area contributed by atoms with Gasteiger partial charge in [-0.2, -0.15) is 0 Å². The number of carbonyl (C=O) groups excluding carboxylic acids is 2.